The maximum absolute atomic E-state index is 8.82. The third kappa shape index (κ3) is 1.20. The zero-order chi connectivity index (χ0) is 9.42. The van der Waals surface area contributed by atoms with Gasteiger partial charge in [-0.15, -0.1) is 11.3 Å². The summed E-state index contributed by atoms with van der Waals surface area (Å²) in [4.78, 5) is 4.36. The quantitative estimate of drug-likeness (QED) is 0.637. The minimum Gasteiger partial charge on any atom is -0.242 e. The van der Waals surface area contributed by atoms with E-state index in [1.165, 1.54) is 0 Å². The summed E-state index contributed by atoms with van der Waals surface area (Å²) in [6.07, 6.45) is 0. The molecule has 0 bridgehead atoms. The number of benzene rings is 1. The lowest BCUT2D eigenvalue weighted by Gasteiger charge is -1.95. The van der Waals surface area contributed by atoms with Crippen molar-refractivity contribution in [1.82, 2.24) is 4.98 Å². The van der Waals surface area contributed by atoms with E-state index in [0.717, 1.165) is 26.4 Å². The summed E-state index contributed by atoms with van der Waals surface area (Å²) in [6, 6.07) is 5.91. The molecule has 3 heteroatoms. The summed E-state index contributed by atoms with van der Waals surface area (Å²) in [7, 11) is 0. The molecule has 2 nitrogen and oxygen atoms in total. The van der Waals surface area contributed by atoms with Crippen molar-refractivity contribution in [1.29, 1.82) is 5.26 Å². The highest BCUT2D eigenvalue weighted by Crippen LogP contribution is 2.26. The standard InChI is InChI=1S/C10H8N2S/c1-6-8(5-11)3-4-9-10(6)13-7(2)12-9/h3-4H,1-2H3. The number of nitrogens with zero attached hydrogens (tertiary/aromatic N) is 2. The Kier molecular flexibility index (Phi) is 1.78. The SMILES string of the molecule is Cc1nc2ccc(C#N)c(C)c2s1. The van der Waals surface area contributed by atoms with E-state index in [-0.39, 0.29) is 0 Å². The van der Waals surface area contributed by atoms with Crippen LogP contribution in [-0.2, 0) is 0 Å². The number of aryl methyl sites for hydroxylation is 2. The zero-order valence-corrected chi connectivity index (χ0v) is 8.27. The van der Waals surface area contributed by atoms with Gasteiger partial charge >= 0.3 is 0 Å². The van der Waals surface area contributed by atoms with Gasteiger partial charge in [-0.25, -0.2) is 4.98 Å². The molecule has 1 heterocycles. The first-order chi connectivity index (χ1) is 6.22. The Bertz CT molecular complexity index is 505. The van der Waals surface area contributed by atoms with E-state index in [4.69, 9.17) is 5.26 Å². The Balaban J connectivity index is 2.87. The average Bonchev–Trinajstić information content (AvgIpc) is 2.47. The molecule has 0 radical (unpaired) electrons. The highest BCUT2D eigenvalue weighted by molar-refractivity contribution is 7.18. The highest BCUT2D eigenvalue weighted by atomic mass is 32.1. The predicted octanol–water partition coefficient (Wildman–Crippen LogP) is 2.78. The fourth-order valence-electron chi connectivity index (χ4n) is 1.36. The van der Waals surface area contributed by atoms with E-state index in [2.05, 4.69) is 11.1 Å². The predicted molar refractivity (Wildman–Crippen MR) is 53.8 cm³/mol. The van der Waals surface area contributed by atoms with Gasteiger partial charge in [0.2, 0.25) is 0 Å². The third-order valence-electron chi connectivity index (χ3n) is 2.03. The molecule has 0 atom stereocenters. The van der Waals surface area contributed by atoms with Gasteiger partial charge in [-0.2, -0.15) is 5.26 Å². The van der Waals surface area contributed by atoms with E-state index in [1.807, 2.05) is 26.0 Å². The van der Waals surface area contributed by atoms with Crippen LogP contribution in [0.1, 0.15) is 16.1 Å². The van der Waals surface area contributed by atoms with Gasteiger partial charge in [0.05, 0.1) is 26.9 Å². The molecule has 0 aliphatic carbocycles. The van der Waals surface area contributed by atoms with Gasteiger partial charge in [0.25, 0.3) is 0 Å². The average molecular weight is 188 g/mol. The monoisotopic (exact) mass is 188 g/mol. The van der Waals surface area contributed by atoms with Crippen molar-refractivity contribution in [3.8, 4) is 6.07 Å². The summed E-state index contributed by atoms with van der Waals surface area (Å²) >= 11 is 1.65. The van der Waals surface area contributed by atoms with Crippen LogP contribution in [0.3, 0.4) is 0 Å². The molecule has 0 amide bonds. The second kappa shape index (κ2) is 2.82. The lowest BCUT2D eigenvalue weighted by molar-refractivity contribution is 1.34. The van der Waals surface area contributed by atoms with Crippen LogP contribution in [0.5, 0.6) is 0 Å². The van der Waals surface area contributed by atoms with Gasteiger partial charge in [-0.1, -0.05) is 0 Å². The van der Waals surface area contributed by atoms with Crippen LogP contribution < -0.4 is 0 Å². The van der Waals surface area contributed by atoms with Crippen LogP contribution in [-0.4, -0.2) is 4.98 Å². The molecule has 1 aromatic carbocycles. The van der Waals surface area contributed by atoms with E-state index in [9.17, 15) is 0 Å². The molecular weight excluding hydrogens is 180 g/mol. The van der Waals surface area contributed by atoms with Crippen molar-refractivity contribution in [3.63, 3.8) is 0 Å². The summed E-state index contributed by atoms with van der Waals surface area (Å²) in [5.74, 6) is 0. The normalized spacial score (nSPS) is 10.2. The lowest BCUT2D eigenvalue weighted by atomic mass is 10.1. The minimum atomic E-state index is 0.746. The summed E-state index contributed by atoms with van der Waals surface area (Å²) in [6.45, 7) is 3.95. The van der Waals surface area contributed by atoms with Crippen molar-refractivity contribution in [2.75, 3.05) is 0 Å². The fraction of sp³-hybridized carbons (Fsp3) is 0.200. The highest BCUT2D eigenvalue weighted by Gasteiger charge is 2.06. The maximum Gasteiger partial charge on any atom is 0.0994 e. The molecule has 2 aromatic rings. The van der Waals surface area contributed by atoms with Crippen molar-refractivity contribution >= 4 is 21.6 Å². The third-order valence-corrected chi connectivity index (χ3v) is 3.14. The maximum atomic E-state index is 8.82. The van der Waals surface area contributed by atoms with Crippen LogP contribution in [0.25, 0.3) is 10.2 Å². The molecule has 0 saturated carbocycles. The molecule has 0 fully saturated rings. The van der Waals surface area contributed by atoms with Crippen molar-refractivity contribution in [2.24, 2.45) is 0 Å². The Morgan fingerprint density at radius 1 is 1.38 bits per heavy atom. The van der Waals surface area contributed by atoms with E-state index < -0.39 is 0 Å². The number of thiazole rings is 1. The number of hydrogen-bond donors (Lipinski definition) is 0. The molecule has 13 heavy (non-hydrogen) atoms. The molecule has 0 spiro atoms. The number of nitriles is 1. The lowest BCUT2D eigenvalue weighted by Crippen LogP contribution is -1.81. The van der Waals surface area contributed by atoms with Gasteiger partial charge in [0.1, 0.15) is 0 Å². The topological polar surface area (TPSA) is 36.7 Å². The fourth-order valence-corrected chi connectivity index (χ4v) is 2.28. The first kappa shape index (κ1) is 8.21. The largest absolute Gasteiger partial charge is 0.242 e. The van der Waals surface area contributed by atoms with Crippen molar-refractivity contribution < 1.29 is 0 Å². The van der Waals surface area contributed by atoms with Gasteiger partial charge in [-0.05, 0) is 31.5 Å². The Hall–Kier alpha value is -1.40. The first-order valence-electron chi connectivity index (χ1n) is 3.99. The van der Waals surface area contributed by atoms with E-state index >= 15 is 0 Å². The van der Waals surface area contributed by atoms with Crippen LogP contribution in [0.4, 0.5) is 0 Å². The molecule has 0 N–H and O–H groups in total. The Labute approximate surface area is 80.5 Å². The second-order valence-corrected chi connectivity index (χ2v) is 4.13. The van der Waals surface area contributed by atoms with Crippen molar-refractivity contribution in [3.05, 3.63) is 28.3 Å². The van der Waals surface area contributed by atoms with Crippen LogP contribution in [0.15, 0.2) is 12.1 Å². The molecule has 64 valence electrons. The van der Waals surface area contributed by atoms with Gasteiger partial charge in [0, 0.05) is 0 Å². The van der Waals surface area contributed by atoms with Gasteiger partial charge in [-0.3, -0.25) is 0 Å². The molecule has 0 saturated heterocycles. The van der Waals surface area contributed by atoms with E-state index in [1.54, 1.807) is 11.3 Å². The number of hydrogen-bond acceptors (Lipinski definition) is 3. The smallest absolute Gasteiger partial charge is 0.0994 e. The Morgan fingerprint density at radius 3 is 2.85 bits per heavy atom. The minimum absolute atomic E-state index is 0.746. The molecule has 1 aromatic heterocycles. The number of fused-ring (bicyclic) bond motifs is 1. The van der Waals surface area contributed by atoms with E-state index in [0.29, 0.717) is 0 Å². The molecule has 0 unspecified atom stereocenters. The van der Waals surface area contributed by atoms with Crippen LogP contribution >= 0.6 is 11.3 Å². The zero-order valence-electron chi connectivity index (χ0n) is 7.46. The van der Waals surface area contributed by atoms with Crippen LogP contribution in [0.2, 0.25) is 0 Å². The second-order valence-electron chi connectivity index (χ2n) is 2.93. The molecule has 0 aliphatic heterocycles. The van der Waals surface area contributed by atoms with Crippen molar-refractivity contribution in [2.45, 2.75) is 13.8 Å². The molecule has 2 rings (SSSR count). The summed E-state index contributed by atoms with van der Waals surface area (Å²) in [5, 5.41) is 9.87. The molecule has 0 aliphatic rings. The first-order valence-corrected chi connectivity index (χ1v) is 4.81. The summed E-state index contributed by atoms with van der Waals surface area (Å²) in [5.41, 5.74) is 2.79. The van der Waals surface area contributed by atoms with Gasteiger partial charge < -0.3 is 0 Å². The van der Waals surface area contributed by atoms with Crippen LogP contribution in [0, 0.1) is 25.2 Å². The summed E-state index contributed by atoms with van der Waals surface area (Å²) < 4.78 is 1.14. The number of aromatic nitrogens is 1. The van der Waals surface area contributed by atoms with Gasteiger partial charge in [0.15, 0.2) is 0 Å². The Morgan fingerprint density at radius 2 is 2.15 bits per heavy atom. The molecular formula is C10H8N2S. The number of rotatable bonds is 0.